The molecule has 0 aliphatic carbocycles. The molecule has 0 N–H and O–H groups in total. The number of rotatable bonds is 0. The van der Waals surface area contributed by atoms with E-state index < -0.39 is 45.9 Å². The summed E-state index contributed by atoms with van der Waals surface area (Å²) in [5.41, 5.74) is 0. The van der Waals surface area contributed by atoms with Gasteiger partial charge in [-0.05, 0) is 0 Å². The second-order valence-electron chi connectivity index (χ2n) is 1.25. The van der Waals surface area contributed by atoms with Gasteiger partial charge in [0.1, 0.15) is 0 Å². The molecule has 0 fully saturated rings. The Hall–Kier alpha value is 2.32. The smallest absolute Gasteiger partial charge is 0.672 e. The van der Waals surface area contributed by atoms with Gasteiger partial charge in [0, 0.05) is 45.9 Å². The fraction of sp³-hybridized carbons (Fsp3) is 0. The zero-order valence-electron chi connectivity index (χ0n) is 13.3. The van der Waals surface area contributed by atoms with E-state index in [4.69, 9.17) is 70.3 Å². The van der Waals surface area contributed by atoms with Gasteiger partial charge in [0.05, 0.1) is 0 Å². The van der Waals surface area contributed by atoms with Gasteiger partial charge in [-0.3, -0.25) is 0 Å². The SMILES string of the molecule is O=[Si]([O-])[O-].O=[Si]([O-])[O-].O=[Si]([O-])[O-].O=[Si]([O-])[O-].O=[Si]([O-])[O-].[Fe+3].[Fe+3].[Li+].[Li+].[Na+].[Na+]. The molecule has 130 valence electrons. The summed E-state index contributed by atoms with van der Waals surface area (Å²) in [5, 5.41) is 0. The summed E-state index contributed by atoms with van der Waals surface area (Å²) in [7, 11) is -18.1. The van der Waals surface area contributed by atoms with Gasteiger partial charge in [-0.1, -0.05) is 0 Å². The topological polar surface area (TPSA) is 316 Å². The molecule has 2 radical (unpaired) electrons. The molecule has 0 aliphatic heterocycles. The molecular formula is Fe2Li2Na2O15Si5. The molecule has 0 aromatic heterocycles. The second-order valence-corrected chi connectivity index (χ2v) is 3.75. The van der Waals surface area contributed by atoms with Crippen LogP contribution < -0.4 is 145 Å². The first-order chi connectivity index (χ1) is 8.66. The van der Waals surface area contributed by atoms with Crippen LogP contribution in [0.2, 0.25) is 0 Å². The molecule has 15 nitrogen and oxygen atoms in total. The normalized spacial score (nSPS) is 4.62. The number of hydrogen-bond acceptors (Lipinski definition) is 15. The summed E-state index contributed by atoms with van der Waals surface area (Å²) in [5.74, 6) is 0. The van der Waals surface area contributed by atoms with Crippen LogP contribution >= 0.6 is 0 Å². The zero-order valence-corrected chi connectivity index (χ0v) is 24.5. The molecule has 0 aromatic carbocycles. The molecule has 0 heterocycles. The summed E-state index contributed by atoms with van der Waals surface area (Å²) in [6.45, 7) is 0. The van der Waals surface area contributed by atoms with Gasteiger partial charge >= 0.3 is 131 Å². The molecule has 0 atom stereocenters. The van der Waals surface area contributed by atoms with E-state index in [-0.39, 0.29) is 131 Å². The van der Waals surface area contributed by atoms with E-state index in [1.807, 2.05) is 0 Å². The van der Waals surface area contributed by atoms with Gasteiger partial charge in [0.2, 0.25) is 0 Å². The molecule has 0 saturated heterocycles. The molecule has 26 heavy (non-hydrogen) atoms. The van der Waals surface area contributed by atoms with Crippen molar-refractivity contribution in [2.75, 3.05) is 0 Å². The second kappa shape index (κ2) is 63.1. The Bertz CT molecular complexity index is 231. The Kier molecular flexibility index (Phi) is 171. The Morgan fingerprint density at radius 3 is 0.346 bits per heavy atom. The monoisotopic (exact) mass is 552 g/mol. The predicted octanol–water partition coefficient (Wildman–Crippen LogP) is -26.4. The van der Waals surface area contributed by atoms with Crippen LogP contribution in [0.4, 0.5) is 0 Å². The van der Waals surface area contributed by atoms with E-state index in [0.29, 0.717) is 0 Å². The van der Waals surface area contributed by atoms with Crippen molar-refractivity contribution >= 4 is 45.9 Å². The summed E-state index contributed by atoms with van der Waals surface area (Å²) in [6.07, 6.45) is 0. The van der Waals surface area contributed by atoms with Gasteiger partial charge in [-0.15, -0.1) is 0 Å². The van der Waals surface area contributed by atoms with E-state index in [9.17, 15) is 0 Å². The van der Waals surface area contributed by atoms with Crippen molar-refractivity contribution in [3.8, 4) is 0 Å². The summed E-state index contributed by atoms with van der Waals surface area (Å²) < 4.78 is 42.6. The molecule has 0 aromatic rings. The van der Waals surface area contributed by atoms with Gasteiger partial charge in [0.15, 0.2) is 0 Å². The quantitative estimate of drug-likeness (QED) is 0.252. The van der Waals surface area contributed by atoms with Crippen molar-refractivity contribution in [3.63, 3.8) is 0 Å². The van der Waals surface area contributed by atoms with Crippen LogP contribution in [-0.4, -0.2) is 45.9 Å². The van der Waals surface area contributed by atoms with Gasteiger partial charge in [0.25, 0.3) is 0 Å². The molecule has 0 saturated carbocycles. The first-order valence-electron chi connectivity index (χ1n) is 3.06. The van der Waals surface area contributed by atoms with Crippen molar-refractivity contribution in [2.45, 2.75) is 0 Å². The Labute approximate surface area is 243 Å². The number of hydrogen-bond donors (Lipinski definition) is 0. The van der Waals surface area contributed by atoms with E-state index in [2.05, 4.69) is 0 Å². The third-order valence-corrected chi connectivity index (χ3v) is 0. The Morgan fingerprint density at radius 1 is 0.346 bits per heavy atom. The average molecular weight is 552 g/mol. The van der Waals surface area contributed by atoms with Gasteiger partial charge < -0.3 is 70.3 Å². The molecule has 26 heteroatoms. The van der Waals surface area contributed by atoms with Crippen molar-refractivity contribution in [2.24, 2.45) is 0 Å². The van der Waals surface area contributed by atoms with Crippen LogP contribution in [0.3, 0.4) is 0 Å². The van der Waals surface area contributed by atoms with Crippen molar-refractivity contribution in [1.82, 2.24) is 0 Å². The van der Waals surface area contributed by atoms with Crippen LogP contribution in [0, 0.1) is 0 Å². The summed E-state index contributed by atoms with van der Waals surface area (Å²) in [6, 6.07) is 0. The maximum Gasteiger partial charge on any atom is 3.00 e. The van der Waals surface area contributed by atoms with Crippen LogP contribution in [-0.2, 0) is 56.4 Å². The van der Waals surface area contributed by atoms with Crippen LogP contribution in [0.25, 0.3) is 0 Å². The van der Waals surface area contributed by atoms with Crippen molar-refractivity contribution in [3.05, 3.63) is 0 Å². The largest absolute Gasteiger partial charge is 3.00 e. The molecule has 0 unspecified atom stereocenters. The Morgan fingerprint density at radius 2 is 0.346 bits per heavy atom. The Balaban J connectivity index is -0.0000000114. The predicted molar refractivity (Wildman–Crippen MR) is 32.2 cm³/mol. The third-order valence-electron chi connectivity index (χ3n) is 0. The van der Waals surface area contributed by atoms with Crippen LogP contribution in [0.15, 0.2) is 0 Å². The standard InChI is InChI=1S/2Fe.2Li.2Na.5O3Si/c;;;;;;5*1-4(2)3/q2*+3;4*+1;5*-2. The van der Waals surface area contributed by atoms with Gasteiger partial charge in [-0.25, -0.2) is 0 Å². The fourth-order valence-electron chi connectivity index (χ4n) is 0. The van der Waals surface area contributed by atoms with Crippen molar-refractivity contribution < 1.29 is 201 Å². The van der Waals surface area contributed by atoms with Gasteiger partial charge in [-0.2, -0.15) is 0 Å². The van der Waals surface area contributed by atoms with Crippen LogP contribution in [0.1, 0.15) is 0 Å². The van der Waals surface area contributed by atoms with Crippen molar-refractivity contribution in [1.29, 1.82) is 0 Å². The fourth-order valence-corrected chi connectivity index (χ4v) is 0. The molecular weight excluding hydrogens is 552 g/mol. The summed E-state index contributed by atoms with van der Waals surface area (Å²) in [4.78, 5) is 85.2. The van der Waals surface area contributed by atoms with E-state index in [0.717, 1.165) is 0 Å². The van der Waals surface area contributed by atoms with E-state index in [1.165, 1.54) is 0 Å². The molecule has 0 aliphatic rings. The minimum absolute atomic E-state index is 0. The minimum Gasteiger partial charge on any atom is -0.672 e. The minimum atomic E-state index is -3.63. The third kappa shape index (κ3) is 3140. The average Bonchev–Trinajstić information content (AvgIpc) is 1.94. The maximum absolute atomic E-state index is 8.52. The molecule has 0 bridgehead atoms. The van der Waals surface area contributed by atoms with Crippen LogP contribution in [0.5, 0.6) is 0 Å². The molecule has 0 rings (SSSR count). The first kappa shape index (κ1) is 70.5. The zero-order chi connectivity index (χ0) is 17.9. The molecule has 0 amide bonds. The van der Waals surface area contributed by atoms with E-state index >= 15 is 0 Å². The molecule has 0 spiro atoms. The first-order valence-corrected chi connectivity index (χ1v) is 9.19. The maximum atomic E-state index is 8.52. The summed E-state index contributed by atoms with van der Waals surface area (Å²) >= 11 is 0. The van der Waals surface area contributed by atoms with E-state index in [1.54, 1.807) is 0 Å².